The Morgan fingerprint density at radius 3 is 2.44 bits per heavy atom. The number of rotatable bonds is 9. The lowest BCUT2D eigenvalue weighted by molar-refractivity contribution is -0.130. The van der Waals surface area contributed by atoms with Gasteiger partial charge in [-0.2, -0.15) is 0 Å². The van der Waals surface area contributed by atoms with Gasteiger partial charge in [-0.25, -0.2) is 4.98 Å². The number of imidazole rings is 1. The maximum absolute atomic E-state index is 14.0. The molecule has 36 heavy (non-hydrogen) atoms. The van der Waals surface area contributed by atoms with Crippen molar-refractivity contribution >= 4 is 34.4 Å². The first-order valence-corrected chi connectivity index (χ1v) is 13.5. The molecule has 0 unspecified atom stereocenters. The van der Waals surface area contributed by atoms with Crippen LogP contribution in [0.15, 0.2) is 84.0 Å². The smallest absolute Gasteiger partial charge is 0.244 e. The molecule has 0 saturated heterocycles. The van der Waals surface area contributed by atoms with Gasteiger partial charge in [0, 0.05) is 12.2 Å². The summed E-state index contributed by atoms with van der Waals surface area (Å²) in [7, 11) is 1.64. The van der Waals surface area contributed by atoms with Crippen molar-refractivity contribution in [3.63, 3.8) is 0 Å². The van der Waals surface area contributed by atoms with E-state index in [4.69, 9.17) is 9.72 Å². The first-order valence-electron chi connectivity index (χ1n) is 12.5. The summed E-state index contributed by atoms with van der Waals surface area (Å²) in [6, 6.07) is 26.0. The van der Waals surface area contributed by atoms with E-state index < -0.39 is 5.54 Å². The lowest BCUT2D eigenvalue weighted by atomic mass is 9.79. The molecule has 0 bridgehead atoms. The van der Waals surface area contributed by atoms with E-state index in [0.29, 0.717) is 12.4 Å². The van der Waals surface area contributed by atoms with Crippen molar-refractivity contribution in [1.82, 2.24) is 14.9 Å². The summed E-state index contributed by atoms with van der Waals surface area (Å²) in [5.74, 6) is 1.49. The summed E-state index contributed by atoms with van der Waals surface area (Å²) >= 11 is 1.66. The number of amides is 1. The summed E-state index contributed by atoms with van der Waals surface area (Å²) in [4.78, 5) is 24.6. The van der Waals surface area contributed by atoms with E-state index in [1.807, 2.05) is 54.6 Å². The first-order chi connectivity index (χ1) is 17.7. The Hall–Kier alpha value is -3.29. The zero-order valence-corrected chi connectivity index (χ0v) is 21.4. The van der Waals surface area contributed by atoms with Crippen molar-refractivity contribution in [2.45, 2.75) is 49.3 Å². The van der Waals surface area contributed by atoms with E-state index in [1.165, 1.54) is 5.56 Å². The molecule has 3 aromatic carbocycles. The molecule has 1 aliphatic rings. The molecule has 0 radical (unpaired) electrons. The van der Waals surface area contributed by atoms with Gasteiger partial charge in [0.1, 0.15) is 11.3 Å². The number of aromatic nitrogens is 2. The number of aromatic amines is 1. The number of carbonyl (C=O) groups excluding carboxylic acids is 1. The van der Waals surface area contributed by atoms with E-state index in [9.17, 15) is 4.79 Å². The molecule has 2 N–H and O–H groups in total. The molecular formula is C29H32N4O2S. The minimum absolute atomic E-state index is 0.0634. The number of ether oxygens (including phenoxy) is 1. The van der Waals surface area contributed by atoms with Crippen LogP contribution in [-0.4, -0.2) is 39.3 Å². The zero-order chi connectivity index (χ0) is 24.8. The Bertz CT molecular complexity index is 1250. The Labute approximate surface area is 216 Å². The van der Waals surface area contributed by atoms with Crippen LogP contribution in [0.2, 0.25) is 0 Å². The highest BCUT2D eigenvalue weighted by Crippen LogP contribution is 2.38. The molecule has 1 fully saturated rings. The molecule has 0 spiro atoms. The molecule has 1 heterocycles. The number of benzene rings is 3. The number of carbonyl (C=O) groups is 1. The second-order valence-corrected chi connectivity index (χ2v) is 10.2. The number of hydrogen-bond donors (Lipinski definition) is 2. The molecule has 6 nitrogen and oxygen atoms in total. The van der Waals surface area contributed by atoms with Gasteiger partial charge < -0.3 is 15.0 Å². The minimum Gasteiger partial charge on any atom is -0.497 e. The zero-order valence-electron chi connectivity index (χ0n) is 20.6. The van der Waals surface area contributed by atoms with E-state index in [-0.39, 0.29) is 5.91 Å². The van der Waals surface area contributed by atoms with Crippen LogP contribution in [0.4, 0.5) is 5.69 Å². The molecule has 0 aliphatic heterocycles. The number of para-hydroxylation sites is 2. The summed E-state index contributed by atoms with van der Waals surface area (Å²) < 4.78 is 5.28. The van der Waals surface area contributed by atoms with Gasteiger partial charge >= 0.3 is 0 Å². The Balaban J connectivity index is 1.43. The van der Waals surface area contributed by atoms with Gasteiger partial charge in [0.05, 0.1) is 24.0 Å². The normalized spacial score (nSPS) is 15.2. The van der Waals surface area contributed by atoms with Crippen molar-refractivity contribution in [3.8, 4) is 5.75 Å². The van der Waals surface area contributed by atoms with Crippen molar-refractivity contribution in [1.29, 1.82) is 0 Å². The summed E-state index contributed by atoms with van der Waals surface area (Å²) in [6.07, 6.45) is 4.91. The quantitative estimate of drug-likeness (QED) is 0.204. The van der Waals surface area contributed by atoms with Crippen LogP contribution in [0.3, 0.4) is 0 Å². The van der Waals surface area contributed by atoms with Crippen molar-refractivity contribution in [3.05, 3.63) is 84.4 Å². The molecule has 0 atom stereocenters. The maximum atomic E-state index is 14.0. The number of nitrogens with zero attached hydrogens (tertiary/aromatic N) is 2. The number of hydrogen-bond acceptors (Lipinski definition) is 5. The molecule has 4 aromatic rings. The lowest BCUT2D eigenvalue weighted by Crippen LogP contribution is -2.57. The lowest BCUT2D eigenvalue weighted by Gasteiger charge is -2.45. The fourth-order valence-electron chi connectivity index (χ4n) is 5.01. The third-order valence-electron chi connectivity index (χ3n) is 7.00. The third-order valence-corrected chi connectivity index (χ3v) is 7.91. The van der Waals surface area contributed by atoms with E-state index in [1.54, 1.807) is 18.9 Å². The highest BCUT2D eigenvalue weighted by atomic mass is 32.2. The van der Waals surface area contributed by atoms with Gasteiger partial charge in [0.15, 0.2) is 5.16 Å². The second-order valence-electron chi connectivity index (χ2n) is 9.29. The minimum atomic E-state index is -0.590. The highest BCUT2D eigenvalue weighted by Gasteiger charge is 2.44. The predicted molar refractivity (Wildman–Crippen MR) is 146 cm³/mol. The molecule has 1 amide bonds. The third kappa shape index (κ3) is 5.42. The van der Waals surface area contributed by atoms with Gasteiger partial charge in [0.25, 0.3) is 0 Å². The molecular weight excluding hydrogens is 468 g/mol. The van der Waals surface area contributed by atoms with E-state index >= 15 is 0 Å². The monoisotopic (exact) mass is 500 g/mol. The SMILES string of the molecule is COc1ccc(NC(=O)C2(N(CSc3nc4ccccc4[nH]3)Cc3ccccc3)CCCCC2)cc1. The van der Waals surface area contributed by atoms with Crippen LogP contribution in [-0.2, 0) is 11.3 Å². The summed E-state index contributed by atoms with van der Waals surface area (Å²) in [6.45, 7) is 0.699. The van der Waals surface area contributed by atoms with Crippen LogP contribution in [0.1, 0.15) is 37.7 Å². The topological polar surface area (TPSA) is 70.2 Å². The molecule has 1 aliphatic carbocycles. The predicted octanol–water partition coefficient (Wildman–Crippen LogP) is 6.46. The fraction of sp³-hybridized carbons (Fsp3) is 0.310. The van der Waals surface area contributed by atoms with Crippen molar-refractivity contribution in [2.24, 2.45) is 0 Å². The molecule has 5 rings (SSSR count). The Morgan fingerprint density at radius 1 is 1.00 bits per heavy atom. The average Bonchev–Trinajstić information content (AvgIpc) is 3.35. The molecule has 186 valence electrons. The number of fused-ring (bicyclic) bond motifs is 1. The first kappa shape index (κ1) is 24.4. The Kier molecular flexibility index (Phi) is 7.58. The van der Waals surface area contributed by atoms with Gasteiger partial charge in [-0.05, 0) is 54.8 Å². The summed E-state index contributed by atoms with van der Waals surface area (Å²) in [5.41, 5.74) is 3.38. The van der Waals surface area contributed by atoms with Crippen LogP contribution in [0.25, 0.3) is 11.0 Å². The van der Waals surface area contributed by atoms with Crippen LogP contribution in [0.5, 0.6) is 5.75 Å². The van der Waals surface area contributed by atoms with Crippen molar-refractivity contribution < 1.29 is 9.53 Å². The van der Waals surface area contributed by atoms with Crippen LogP contribution >= 0.6 is 11.8 Å². The van der Waals surface area contributed by atoms with Crippen molar-refractivity contribution in [2.75, 3.05) is 18.3 Å². The average molecular weight is 501 g/mol. The highest BCUT2D eigenvalue weighted by molar-refractivity contribution is 7.99. The van der Waals surface area contributed by atoms with Gasteiger partial charge in [0.2, 0.25) is 5.91 Å². The van der Waals surface area contributed by atoms with Gasteiger partial charge in [-0.15, -0.1) is 0 Å². The largest absolute Gasteiger partial charge is 0.497 e. The fourth-order valence-corrected chi connectivity index (χ4v) is 5.97. The van der Waals surface area contributed by atoms with Crippen LogP contribution in [0, 0.1) is 0 Å². The molecule has 1 aromatic heterocycles. The van der Waals surface area contributed by atoms with E-state index in [0.717, 1.165) is 59.7 Å². The van der Waals surface area contributed by atoms with Gasteiger partial charge in [-0.1, -0.05) is 73.5 Å². The summed E-state index contributed by atoms with van der Waals surface area (Å²) in [5, 5.41) is 4.09. The number of nitrogens with one attached hydrogen (secondary N) is 2. The molecule has 7 heteroatoms. The maximum Gasteiger partial charge on any atom is 0.244 e. The molecule has 1 saturated carbocycles. The number of methoxy groups -OCH3 is 1. The Morgan fingerprint density at radius 2 is 1.72 bits per heavy atom. The van der Waals surface area contributed by atoms with E-state index in [2.05, 4.69) is 39.5 Å². The number of anilines is 1. The second kappa shape index (κ2) is 11.2. The number of thioether (sulfide) groups is 1. The van der Waals surface area contributed by atoms with Crippen LogP contribution < -0.4 is 10.1 Å². The standard InChI is InChI=1S/C29H32N4O2S/c1-35-24-16-14-23(15-17-24)30-27(34)29(18-8-3-9-19-29)33(20-22-10-4-2-5-11-22)21-36-28-31-25-12-6-7-13-26(25)32-28/h2,4-7,10-17H,3,8-9,18-21H2,1H3,(H,30,34)(H,31,32). The van der Waals surface area contributed by atoms with Gasteiger partial charge in [-0.3, -0.25) is 9.69 Å². The number of H-pyrrole nitrogens is 1.